The van der Waals surface area contributed by atoms with Crippen LogP contribution in [-0.4, -0.2) is 19.7 Å². The lowest BCUT2D eigenvalue weighted by atomic mass is 9.80. The van der Waals surface area contributed by atoms with Crippen molar-refractivity contribution in [1.82, 2.24) is 13.7 Å². The van der Waals surface area contributed by atoms with Gasteiger partial charge in [0.2, 0.25) is 0 Å². The minimum Gasteiger partial charge on any atom is -0.333 e. The Hall–Kier alpha value is -8.60. The molecule has 4 heterocycles. The van der Waals surface area contributed by atoms with Crippen LogP contribution in [0.3, 0.4) is 0 Å². The van der Waals surface area contributed by atoms with Gasteiger partial charge in [0.15, 0.2) is 0 Å². The Kier molecular flexibility index (Phi) is 8.20. The van der Waals surface area contributed by atoms with Gasteiger partial charge in [-0.25, -0.2) is 0 Å². The van der Waals surface area contributed by atoms with Crippen molar-refractivity contribution >= 4 is 78.4 Å². The summed E-state index contributed by atoms with van der Waals surface area (Å²) in [5.41, 5.74) is 19.8. The Labute approximate surface area is 400 Å². The van der Waals surface area contributed by atoms with Gasteiger partial charge in [-0.3, -0.25) is 0 Å². The normalized spacial score (nSPS) is 17.9. The smallest absolute Gasteiger partial charge is 0.0650 e. The number of benzene rings is 8. The van der Waals surface area contributed by atoms with E-state index in [4.69, 9.17) is 0 Å². The predicted molar refractivity (Wildman–Crippen MR) is 289 cm³/mol. The van der Waals surface area contributed by atoms with Crippen LogP contribution in [-0.2, 0) is 0 Å². The number of aromatic nitrogens is 3. The van der Waals surface area contributed by atoms with Gasteiger partial charge < -0.3 is 18.6 Å². The zero-order valence-corrected chi connectivity index (χ0v) is 38.2. The van der Waals surface area contributed by atoms with Crippen LogP contribution in [0.4, 0.5) is 5.69 Å². The van der Waals surface area contributed by atoms with Gasteiger partial charge in [-0.1, -0.05) is 165 Å². The number of allylic oxidation sites excluding steroid dienone is 4. The molecule has 4 heteroatoms. The molecule has 11 aromatic rings. The van der Waals surface area contributed by atoms with Crippen molar-refractivity contribution in [2.75, 3.05) is 4.90 Å². The maximum atomic E-state index is 2.67. The Morgan fingerprint density at radius 3 is 1.75 bits per heavy atom. The summed E-state index contributed by atoms with van der Waals surface area (Å²) in [6, 6.07) is 74.6. The summed E-state index contributed by atoms with van der Waals surface area (Å²) < 4.78 is 7.60. The fourth-order valence-corrected chi connectivity index (χ4v) is 12.7. The molecule has 0 spiro atoms. The molecule has 3 aromatic heterocycles. The Bertz CT molecular complexity index is 4180. The number of hydrogen-bond donors (Lipinski definition) is 0. The fourth-order valence-electron chi connectivity index (χ4n) is 12.7. The predicted octanol–water partition coefficient (Wildman–Crippen LogP) is 14.4. The molecule has 0 amide bonds. The van der Waals surface area contributed by atoms with Crippen molar-refractivity contribution in [3.05, 3.63) is 240 Å². The molecule has 1 aliphatic heterocycles. The van der Waals surface area contributed by atoms with Crippen LogP contribution in [0.15, 0.2) is 218 Å². The molecule has 0 fully saturated rings. The number of nitrogens with zero attached hydrogens (tertiary/aromatic N) is 4. The summed E-state index contributed by atoms with van der Waals surface area (Å²) in [7, 11) is 0. The van der Waals surface area contributed by atoms with E-state index in [1.165, 1.54) is 116 Å². The quantitative estimate of drug-likeness (QED) is 0.172. The van der Waals surface area contributed by atoms with E-state index in [1.807, 2.05) is 0 Å². The fraction of sp³-hybridized carbons (Fsp3) is 0.0769. The van der Waals surface area contributed by atoms with Gasteiger partial charge in [0.25, 0.3) is 0 Å². The lowest BCUT2D eigenvalue weighted by molar-refractivity contribution is 0.725. The molecule has 3 atom stereocenters. The van der Waals surface area contributed by atoms with E-state index >= 15 is 0 Å². The minimum absolute atomic E-state index is 0.000298. The van der Waals surface area contributed by atoms with Gasteiger partial charge in [-0.05, 0) is 95.9 Å². The largest absolute Gasteiger partial charge is 0.333 e. The second-order valence-corrected chi connectivity index (χ2v) is 19.2. The summed E-state index contributed by atoms with van der Waals surface area (Å²) in [5, 5.41) is 7.60. The number of anilines is 1. The van der Waals surface area contributed by atoms with Crippen molar-refractivity contribution in [1.29, 1.82) is 0 Å². The highest BCUT2D eigenvalue weighted by atomic mass is 15.2. The van der Waals surface area contributed by atoms with Gasteiger partial charge in [0, 0.05) is 78.0 Å². The molecule has 0 N–H and O–H groups in total. The van der Waals surface area contributed by atoms with E-state index in [0.29, 0.717) is 5.92 Å². The van der Waals surface area contributed by atoms with Crippen LogP contribution in [0.25, 0.3) is 106 Å². The van der Waals surface area contributed by atoms with E-state index < -0.39 is 0 Å². The molecule has 0 saturated carbocycles. The van der Waals surface area contributed by atoms with Crippen LogP contribution in [0.5, 0.6) is 0 Å². The monoisotopic (exact) mass is 882 g/mol. The molecule has 0 bridgehead atoms. The molecule has 0 saturated heterocycles. The highest BCUT2D eigenvalue weighted by Gasteiger charge is 2.45. The maximum Gasteiger partial charge on any atom is 0.0650 e. The van der Waals surface area contributed by atoms with Gasteiger partial charge >= 0.3 is 0 Å². The summed E-state index contributed by atoms with van der Waals surface area (Å²) >= 11 is 0. The van der Waals surface area contributed by atoms with E-state index in [1.54, 1.807) is 0 Å². The Morgan fingerprint density at radius 1 is 0.449 bits per heavy atom. The van der Waals surface area contributed by atoms with Gasteiger partial charge in [-0.2, -0.15) is 0 Å². The molecule has 4 aliphatic rings. The number of fused-ring (bicyclic) bond motifs is 17. The molecule has 326 valence electrons. The Balaban J connectivity index is 1.09. The molecule has 0 radical (unpaired) electrons. The van der Waals surface area contributed by atoms with E-state index in [-0.39, 0.29) is 12.0 Å². The number of hydrogen-bond acceptors (Lipinski definition) is 1. The van der Waals surface area contributed by atoms with Crippen molar-refractivity contribution in [3.8, 4) is 33.8 Å². The topological polar surface area (TPSA) is 18.0 Å². The van der Waals surface area contributed by atoms with E-state index in [9.17, 15) is 0 Å². The molecule has 15 rings (SSSR count). The standard InChI is InChI=1S/C65H46N4/c1-41-21-11-18-34-55(41)69-57-36-20-17-29-46(57)52-38-54-61(40-59(52)69)68(44-26-9-4-10-27-44)65-50-33-15-12-30-47(50)62-53-37-51-45-28-16-19-35-56(45)66(42-22-5-2-6-23-42)58(51)39-60(53)67(43-24-7-3-8-25-43)64(62)49-32-14-13-31-48(49)63(54)65/h2-20,22-41,53,60H,21H2,1H3. The van der Waals surface area contributed by atoms with Crippen LogP contribution in [0.1, 0.15) is 24.5 Å². The lowest BCUT2D eigenvalue weighted by Gasteiger charge is -2.32. The van der Waals surface area contributed by atoms with Crippen LogP contribution < -0.4 is 15.5 Å². The highest BCUT2D eigenvalue weighted by Crippen LogP contribution is 2.57. The molecular formula is C65H46N4. The van der Waals surface area contributed by atoms with Crippen LogP contribution in [0, 0.1) is 11.8 Å². The highest BCUT2D eigenvalue weighted by molar-refractivity contribution is 6.21. The minimum atomic E-state index is 0.000298. The first-order chi connectivity index (χ1) is 34.2. The first-order valence-corrected chi connectivity index (χ1v) is 24.4. The van der Waals surface area contributed by atoms with Crippen molar-refractivity contribution in [2.24, 2.45) is 11.8 Å². The first-order valence-electron chi connectivity index (χ1n) is 24.4. The third-order valence-electron chi connectivity index (χ3n) is 15.5. The number of para-hydroxylation sites is 5. The number of rotatable bonds is 4. The average Bonchev–Trinajstić information content (AvgIpc) is 4.12. The molecule has 3 aliphatic carbocycles. The van der Waals surface area contributed by atoms with Crippen LogP contribution in [0.2, 0.25) is 0 Å². The molecule has 4 nitrogen and oxygen atoms in total. The average molecular weight is 883 g/mol. The second-order valence-electron chi connectivity index (χ2n) is 19.2. The SMILES string of the molecule is CC1CC=CC=C1n1c2ccccc2c2cc3c4c(n(-c5ccccc5)c3cc21)-c1ccccc1C1=C(c2ccccc2-4)N(c2ccccc2)C2C=c3c(c4ccccc4n3-c3ccccc3)=CC12. The summed E-state index contributed by atoms with van der Waals surface area (Å²) in [4.78, 5) is 2.67. The van der Waals surface area contributed by atoms with E-state index in [2.05, 4.69) is 256 Å². The van der Waals surface area contributed by atoms with Gasteiger partial charge in [0.05, 0.1) is 44.8 Å². The zero-order chi connectivity index (χ0) is 45.3. The zero-order valence-electron chi connectivity index (χ0n) is 38.2. The van der Waals surface area contributed by atoms with Crippen molar-refractivity contribution < 1.29 is 0 Å². The molecule has 3 unspecified atom stereocenters. The van der Waals surface area contributed by atoms with Crippen molar-refractivity contribution in [3.63, 3.8) is 0 Å². The van der Waals surface area contributed by atoms with Crippen LogP contribution >= 0.6 is 0 Å². The third-order valence-corrected chi connectivity index (χ3v) is 15.5. The van der Waals surface area contributed by atoms with Gasteiger partial charge in [-0.15, -0.1) is 0 Å². The van der Waals surface area contributed by atoms with Gasteiger partial charge in [0.1, 0.15) is 0 Å². The first kappa shape index (κ1) is 38.5. The van der Waals surface area contributed by atoms with E-state index in [0.717, 1.165) is 12.1 Å². The summed E-state index contributed by atoms with van der Waals surface area (Å²) in [6.45, 7) is 2.36. The van der Waals surface area contributed by atoms with Crippen molar-refractivity contribution in [2.45, 2.75) is 19.4 Å². The maximum absolute atomic E-state index is 2.67. The Morgan fingerprint density at radius 2 is 1.03 bits per heavy atom. The second kappa shape index (κ2) is 14.7. The third kappa shape index (κ3) is 5.40. The molecule has 69 heavy (non-hydrogen) atoms. The summed E-state index contributed by atoms with van der Waals surface area (Å²) in [6.07, 6.45) is 13.1. The molecule has 8 aromatic carbocycles. The molecular weight excluding hydrogens is 837 g/mol. The summed E-state index contributed by atoms with van der Waals surface area (Å²) in [5.74, 6) is 0.427. The lowest BCUT2D eigenvalue weighted by Crippen LogP contribution is -2.42.